The van der Waals surface area contributed by atoms with Crippen LogP contribution in [0.4, 0.5) is 5.69 Å². The van der Waals surface area contributed by atoms with Crippen molar-refractivity contribution < 1.29 is 4.74 Å². The van der Waals surface area contributed by atoms with Gasteiger partial charge in [-0.15, -0.1) is 0 Å². The number of nitrogens with one attached hydrogen (secondary N) is 1. The first kappa shape index (κ1) is 11.5. The van der Waals surface area contributed by atoms with Crippen molar-refractivity contribution in [2.75, 3.05) is 18.5 Å². The summed E-state index contributed by atoms with van der Waals surface area (Å²) in [6, 6.07) is 4.78. The van der Waals surface area contributed by atoms with Crippen LogP contribution in [0.3, 0.4) is 0 Å². The van der Waals surface area contributed by atoms with Gasteiger partial charge >= 0.3 is 0 Å². The fourth-order valence-electron chi connectivity index (χ4n) is 2.14. The predicted octanol–water partition coefficient (Wildman–Crippen LogP) is 1.69. The van der Waals surface area contributed by atoms with Gasteiger partial charge in [-0.25, -0.2) is 0 Å². The lowest BCUT2D eigenvalue weighted by Crippen LogP contribution is -2.28. The predicted molar refractivity (Wildman–Crippen MR) is 68.8 cm³/mol. The number of ether oxygens (including phenoxy) is 1. The molecular weight excluding hydrogens is 197 g/mol. The van der Waals surface area contributed by atoms with Gasteiger partial charge in [0, 0.05) is 24.9 Å². The topological polar surface area (TPSA) is 21.3 Å². The van der Waals surface area contributed by atoms with Crippen LogP contribution < -0.4 is 10.8 Å². The highest BCUT2D eigenvalue weighted by Gasteiger charge is 2.13. The van der Waals surface area contributed by atoms with E-state index in [1.807, 2.05) is 0 Å². The fraction of sp³-hybridized carbons (Fsp3) is 0.538. The second kappa shape index (κ2) is 4.92. The molecule has 0 aromatic heterocycles. The summed E-state index contributed by atoms with van der Waals surface area (Å²) >= 11 is 0. The van der Waals surface area contributed by atoms with Crippen molar-refractivity contribution in [1.29, 1.82) is 0 Å². The lowest BCUT2D eigenvalue weighted by molar-refractivity contribution is 0.0904. The van der Waals surface area contributed by atoms with Gasteiger partial charge in [-0.05, 0) is 38.8 Å². The van der Waals surface area contributed by atoms with Crippen LogP contribution in [0.2, 0.25) is 0 Å². The number of anilines is 1. The van der Waals surface area contributed by atoms with E-state index in [1.165, 1.54) is 5.69 Å². The lowest BCUT2D eigenvalue weighted by atomic mass is 9.86. The summed E-state index contributed by atoms with van der Waals surface area (Å²) in [7, 11) is 5.94. The Bertz CT molecular complexity index is 349. The first-order chi connectivity index (χ1) is 7.66. The van der Waals surface area contributed by atoms with Gasteiger partial charge < -0.3 is 10.1 Å². The van der Waals surface area contributed by atoms with E-state index >= 15 is 0 Å². The summed E-state index contributed by atoms with van der Waals surface area (Å²) in [5, 5.41) is 3.55. The molecule has 1 heterocycles. The largest absolute Gasteiger partial charge is 0.382 e. The maximum absolute atomic E-state index is 5.94. The van der Waals surface area contributed by atoms with Crippen LogP contribution in [0.5, 0.6) is 0 Å². The molecule has 1 saturated heterocycles. The van der Waals surface area contributed by atoms with Crippen molar-refractivity contribution in [3.63, 3.8) is 0 Å². The van der Waals surface area contributed by atoms with Gasteiger partial charge in [-0.3, -0.25) is 0 Å². The van der Waals surface area contributed by atoms with Gasteiger partial charge in [0.05, 0.1) is 0 Å². The summed E-state index contributed by atoms with van der Waals surface area (Å²) in [4.78, 5) is 0. The molecule has 0 atom stereocenters. The zero-order valence-corrected chi connectivity index (χ0v) is 10.0. The molecule has 2 nitrogen and oxygen atoms in total. The minimum absolute atomic E-state index is 0.538. The van der Waals surface area contributed by atoms with E-state index in [1.54, 1.807) is 0 Å². The third-order valence-corrected chi connectivity index (χ3v) is 3.19. The first-order valence-corrected chi connectivity index (χ1v) is 5.88. The zero-order chi connectivity index (χ0) is 11.5. The van der Waals surface area contributed by atoms with Gasteiger partial charge in [-0.1, -0.05) is 16.6 Å². The number of aryl methyl sites for hydroxylation is 2. The van der Waals surface area contributed by atoms with Crippen LogP contribution in [0.15, 0.2) is 12.1 Å². The van der Waals surface area contributed by atoms with Crippen LogP contribution in [0.1, 0.15) is 24.0 Å². The van der Waals surface area contributed by atoms with Crippen LogP contribution >= 0.6 is 0 Å². The molecule has 1 aromatic rings. The minimum Gasteiger partial charge on any atom is -0.382 e. The first-order valence-electron chi connectivity index (χ1n) is 5.88. The van der Waals surface area contributed by atoms with Crippen molar-refractivity contribution >= 4 is 19.0 Å². The Labute approximate surface area is 98.8 Å². The molecule has 2 rings (SSSR count). The molecule has 0 saturated carbocycles. The van der Waals surface area contributed by atoms with E-state index < -0.39 is 0 Å². The normalized spacial score (nSPS) is 17.4. The van der Waals surface area contributed by atoms with Gasteiger partial charge in [-0.2, -0.15) is 0 Å². The monoisotopic (exact) mass is 215 g/mol. The van der Waals surface area contributed by atoms with E-state index in [4.69, 9.17) is 12.6 Å². The third kappa shape index (κ3) is 2.59. The molecule has 0 bridgehead atoms. The van der Waals surface area contributed by atoms with Crippen LogP contribution in [0.25, 0.3) is 0 Å². The van der Waals surface area contributed by atoms with E-state index in [9.17, 15) is 0 Å². The van der Waals surface area contributed by atoms with Crippen LogP contribution in [-0.2, 0) is 4.74 Å². The van der Waals surface area contributed by atoms with Gasteiger partial charge in [0.1, 0.15) is 7.85 Å². The Kier molecular flexibility index (Phi) is 3.54. The molecule has 1 aliphatic rings. The summed E-state index contributed by atoms with van der Waals surface area (Å²) in [5.41, 5.74) is 4.37. The molecule has 0 amide bonds. The van der Waals surface area contributed by atoms with Gasteiger partial charge in [0.15, 0.2) is 0 Å². The van der Waals surface area contributed by atoms with Crippen molar-refractivity contribution in [3.05, 3.63) is 23.3 Å². The smallest absolute Gasteiger partial charge is 0.114 e. The van der Waals surface area contributed by atoms with E-state index in [-0.39, 0.29) is 0 Å². The average Bonchev–Trinajstić information content (AvgIpc) is 2.27. The van der Waals surface area contributed by atoms with Crippen molar-refractivity contribution in [2.24, 2.45) is 0 Å². The summed E-state index contributed by atoms with van der Waals surface area (Å²) < 4.78 is 5.34. The fourth-order valence-corrected chi connectivity index (χ4v) is 2.14. The second-order valence-electron chi connectivity index (χ2n) is 4.55. The number of hydrogen-bond donors (Lipinski definition) is 1. The Morgan fingerprint density at radius 1 is 1.19 bits per heavy atom. The molecule has 0 aliphatic carbocycles. The molecule has 1 fully saturated rings. The van der Waals surface area contributed by atoms with Gasteiger partial charge in [0.25, 0.3) is 0 Å². The quantitative estimate of drug-likeness (QED) is 0.758. The Morgan fingerprint density at radius 2 is 1.75 bits per heavy atom. The van der Waals surface area contributed by atoms with E-state index in [2.05, 4.69) is 31.3 Å². The Morgan fingerprint density at radius 3 is 2.31 bits per heavy atom. The Hall–Kier alpha value is -0.955. The molecule has 1 aromatic carbocycles. The standard InChI is InChI=1S/C13H18BNO/c1-9-7-12(8-10(2)13(9)14)15-11-3-5-16-6-4-11/h7-8,11,15H,3-6H2,1-2H3. The number of hydrogen-bond acceptors (Lipinski definition) is 2. The molecule has 84 valence electrons. The lowest BCUT2D eigenvalue weighted by Gasteiger charge is -2.25. The number of benzene rings is 1. The van der Waals surface area contributed by atoms with E-state index in [0.29, 0.717) is 6.04 Å². The highest BCUT2D eigenvalue weighted by Crippen LogP contribution is 2.17. The maximum Gasteiger partial charge on any atom is 0.114 e. The molecule has 0 unspecified atom stereocenters. The molecule has 3 heteroatoms. The molecule has 2 radical (unpaired) electrons. The molecule has 1 aliphatic heterocycles. The molecule has 16 heavy (non-hydrogen) atoms. The molecule has 1 N–H and O–H groups in total. The summed E-state index contributed by atoms with van der Waals surface area (Å²) in [6.45, 7) is 5.84. The number of rotatable bonds is 2. The zero-order valence-electron chi connectivity index (χ0n) is 10.0. The summed E-state index contributed by atoms with van der Waals surface area (Å²) in [6.07, 6.45) is 2.17. The van der Waals surface area contributed by atoms with Gasteiger partial charge in [0.2, 0.25) is 0 Å². The highest BCUT2D eigenvalue weighted by molar-refractivity contribution is 6.34. The molecule has 0 spiro atoms. The van der Waals surface area contributed by atoms with Crippen LogP contribution in [-0.4, -0.2) is 27.1 Å². The SMILES string of the molecule is [B]c1c(C)cc(NC2CCOCC2)cc1C. The van der Waals surface area contributed by atoms with Crippen LogP contribution in [0, 0.1) is 13.8 Å². The van der Waals surface area contributed by atoms with Crippen molar-refractivity contribution in [1.82, 2.24) is 0 Å². The average molecular weight is 215 g/mol. The van der Waals surface area contributed by atoms with E-state index in [0.717, 1.165) is 42.6 Å². The highest BCUT2D eigenvalue weighted by atomic mass is 16.5. The van der Waals surface area contributed by atoms with Crippen molar-refractivity contribution in [3.8, 4) is 0 Å². The summed E-state index contributed by atoms with van der Waals surface area (Å²) in [5.74, 6) is 0. The van der Waals surface area contributed by atoms with Crippen molar-refractivity contribution in [2.45, 2.75) is 32.7 Å². The maximum atomic E-state index is 5.94. The second-order valence-corrected chi connectivity index (χ2v) is 4.55. The minimum atomic E-state index is 0.538. The molecular formula is C13H18BNO. The third-order valence-electron chi connectivity index (χ3n) is 3.19. The Balaban J connectivity index is 2.09.